The van der Waals surface area contributed by atoms with Crippen LogP contribution in [0.2, 0.25) is 0 Å². The highest BCUT2D eigenvalue weighted by Gasteiger charge is 2.17. The fourth-order valence-corrected chi connectivity index (χ4v) is 2.87. The summed E-state index contributed by atoms with van der Waals surface area (Å²) in [7, 11) is 1.68. The van der Waals surface area contributed by atoms with Gasteiger partial charge in [-0.1, -0.05) is 38.1 Å². The molecule has 0 heterocycles. The molecule has 0 aromatic heterocycles. The van der Waals surface area contributed by atoms with Crippen LogP contribution in [0.4, 0.5) is 5.69 Å². The third-order valence-electron chi connectivity index (χ3n) is 4.28. The lowest BCUT2D eigenvalue weighted by atomic mass is 9.96. The second kappa shape index (κ2) is 8.15. The number of benzene rings is 2. The first-order valence-corrected chi connectivity index (χ1v) is 8.61. The molecule has 2 aromatic carbocycles. The van der Waals surface area contributed by atoms with Crippen LogP contribution in [-0.2, 0) is 0 Å². The van der Waals surface area contributed by atoms with Crippen LogP contribution < -0.4 is 15.4 Å². The molecule has 0 saturated carbocycles. The summed E-state index contributed by atoms with van der Waals surface area (Å²) in [5, 5.41) is 7.41. The van der Waals surface area contributed by atoms with Crippen LogP contribution in [0.15, 0.2) is 42.5 Å². The van der Waals surface area contributed by atoms with E-state index in [-0.39, 0.29) is 6.04 Å². The summed E-state index contributed by atoms with van der Waals surface area (Å²) >= 11 is 5.54. The van der Waals surface area contributed by atoms with Gasteiger partial charge in [-0.15, -0.1) is 0 Å². The lowest BCUT2D eigenvalue weighted by Crippen LogP contribution is -2.35. The molecule has 1 atom stereocenters. The molecule has 24 heavy (non-hydrogen) atoms. The van der Waals surface area contributed by atoms with E-state index < -0.39 is 0 Å². The van der Waals surface area contributed by atoms with Crippen molar-refractivity contribution in [2.45, 2.75) is 33.7 Å². The third kappa shape index (κ3) is 4.48. The number of ether oxygens (including phenoxy) is 1. The number of hydrogen-bond donors (Lipinski definition) is 2. The van der Waals surface area contributed by atoms with Crippen molar-refractivity contribution in [2.24, 2.45) is 5.92 Å². The van der Waals surface area contributed by atoms with Crippen LogP contribution in [0, 0.1) is 19.8 Å². The highest BCUT2D eigenvalue weighted by Crippen LogP contribution is 2.24. The van der Waals surface area contributed by atoms with E-state index in [4.69, 9.17) is 17.0 Å². The van der Waals surface area contributed by atoms with Crippen LogP contribution in [-0.4, -0.2) is 12.2 Å². The molecule has 0 aliphatic carbocycles. The number of anilines is 1. The van der Waals surface area contributed by atoms with Crippen molar-refractivity contribution in [3.05, 3.63) is 59.2 Å². The Balaban J connectivity index is 2.12. The molecule has 0 saturated heterocycles. The maximum Gasteiger partial charge on any atom is 0.171 e. The highest BCUT2D eigenvalue weighted by atomic mass is 32.1. The van der Waals surface area contributed by atoms with Gasteiger partial charge in [-0.05, 0) is 66.9 Å². The molecular formula is C20H26N2OS. The maximum absolute atomic E-state index is 5.54. The summed E-state index contributed by atoms with van der Waals surface area (Å²) < 4.78 is 5.24. The van der Waals surface area contributed by atoms with Crippen molar-refractivity contribution >= 4 is 23.0 Å². The normalized spacial score (nSPS) is 11.9. The van der Waals surface area contributed by atoms with Gasteiger partial charge in [0.1, 0.15) is 5.75 Å². The molecule has 2 aromatic rings. The molecule has 0 fully saturated rings. The number of rotatable bonds is 5. The van der Waals surface area contributed by atoms with Crippen LogP contribution in [0.25, 0.3) is 0 Å². The minimum atomic E-state index is 0.140. The van der Waals surface area contributed by atoms with E-state index in [1.165, 1.54) is 16.7 Å². The second-order valence-corrected chi connectivity index (χ2v) is 6.75. The van der Waals surface area contributed by atoms with Crippen molar-refractivity contribution in [2.75, 3.05) is 12.4 Å². The molecule has 0 radical (unpaired) electrons. The number of aryl methyl sites for hydroxylation is 1. The third-order valence-corrected chi connectivity index (χ3v) is 4.50. The van der Waals surface area contributed by atoms with Crippen LogP contribution >= 0.6 is 12.2 Å². The van der Waals surface area contributed by atoms with Crippen LogP contribution in [0.5, 0.6) is 5.75 Å². The van der Waals surface area contributed by atoms with E-state index >= 15 is 0 Å². The van der Waals surface area contributed by atoms with Gasteiger partial charge in [-0.3, -0.25) is 0 Å². The second-order valence-electron chi connectivity index (χ2n) is 6.34. The first-order chi connectivity index (χ1) is 11.4. The predicted molar refractivity (Wildman–Crippen MR) is 106 cm³/mol. The number of thiocarbonyl (C=S) groups is 1. The molecule has 0 aliphatic rings. The molecular weight excluding hydrogens is 316 g/mol. The zero-order valence-electron chi connectivity index (χ0n) is 15.0. The molecule has 128 valence electrons. The van der Waals surface area contributed by atoms with Crippen LogP contribution in [0.1, 0.15) is 36.6 Å². The van der Waals surface area contributed by atoms with Crippen LogP contribution in [0.3, 0.4) is 0 Å². The predicted octanol–water partition coefficient (Wildman–Crippen LogP) is 5.00. The maximum atomic E-state index is 5.54. The largest absolute Gasteiger partial charge is 0.497 e. The van der Waals surface area contributed by atoms with Gasteiger partial charge in [0.25, 0.3) is 0 Å². The van der Waals surface area contributed by atoms with E-state index in [9.17, 15) is 0 Å². The average molecular weight is 343 g/mol. The monoisotopic (exact) mass is 342 g/mol. The number of hydrogen-bond acceptors (Lipinski definition) is 2. The number of methoxy groups -OCH3 is 1. The molecule has 0 unspecified atom stereocenters. The van der Waals surface area contributed by atoms with Gasteiger partial charge < -0.3 is 15.4 Å². The van der Waals surface area contributed by atoms with E-state index in [1.54, 1.807) is 7.11 Å². The van der Waals surface area contributed by atoms with E-state index in [0.717, 1.165) is 11.4 Å². The Morgan fingerprint density at radius 2 is 1.71 bits per heavy atom. The van der Waals surface area contributed by atoms with Crippen molar-refractivity contribution in [3.63, 3.8) is 0 Å². The Hall–Kier alpha value is -2.07. The van der Waals surface area contributed by atoms with Gasteiger partial charge in [0.2, 0.25) is 0 Å². The first-order valence-electron chi connectivity index (χ1n) is 8.20. The SMILES string of the molecule is COc1ccc([C@H](NC(=S)Nc2cccc(C)c2C)C(C)C)cc1. The Morgan fingerprint density at radius 1 is 1.04 bits per heavy atom. The van der Waals surface area contributed by atoms with Gasteiger partial charge in [-0.25, -0.2) is 0 Å². The summed E-state index contributed by atoms with van der Waals surface area (Å²) in [4.78, 5) is 0. The van der Waals surface area contributed by atoms with Crippen molar-refractivity contribution in [3.8, 4) is 5.75 Å². The van der Waals surface area contributed by atoms with E-state index in [2.05, 4.69) is 56.5 Å². The Kier molecular flexibility index (Phi) is 6.21. The minimum absolute atomic E-state index is 0.140. The van der Waals surface area contributed by atoms with Crippen molar-refractivity contribution < 1.29 is 4.74 Å². The van der Waals surface area contributed by atoms with Gasteiger partial charge in [0, 0.05) is 5.69 Å². The highest BCUT2D eigenvalue weighted by molar-refractivity contribution is 7.80. The molecule has 2 rings (SSSR count). The number of nitrogens with one attached hydrogen (secondary N) is 2. The quantitative estimate of drug-likeness (QED) is 0.750. The van der Waals surface area contributed by atoms with Gasteiger partial charge in [0.05, 0.1) is 13.2 Å². The zero-order valence-corrected chi connectivity index (χ0v) is 15.8. The first kappa shape index (κ1) is 18.3. The van der Waals surface area contributed by atoms with Gasteiger partial charge >= 0.3 is 0 Å². The standard InChI is InChI=1S/C20H26N2OS/c1-13(2)19(16-9-11-17(23-5)12-10-16)22-20(24)21-18-8-6-7-14(3)15(18)4/h6-13,19H,1-5H3,(H2,21,22,24)/t19-/m1/s1. The molecule has 0 aliphatic heterocycles. The zero-order chi connectivity index (χ0) is 17.7. The average Bonchev–Trinajstić information content (AvgIpc) is 2.57. The Morgan fingerprint density at radius 3 is 2.29 bits per heavy atom. The molecule has 3 nitrogen and oxygen atoms in total. The lowest BCUT2D eigenvalue weighted by Gasteiger charge is -2.25. The molecule has 0 spiro atoms. The minimum Gasteiger partial charge on any atom is -0.497 e. The molecule has 2 N–H and O–H groups in total. The molecule has 0 amide bonds. The summed E-state index contributed by atoms with van der Waals surface area (Å²) in [6.07, 6.45) is 0. The fraction of sp³-hybridized carbons (Fsp3) is 0.350. The molecule has 4 heteroatoms. The summed E-state index contributed by atoms with van der Waals surface area (Å²) in [5.41, 5.74) is 4.70. The lowest BCUT2D eigenvalue weighted by molar-refractivity contribution is 0.413. The van der Waals surface area contributed by atoms with Crippen molar-refractivity contribution in [1.82, 2.24) is 5.32 Å². The summed E-state index contributed by atoms with van der Waals surface area (Å²) in [5.74, 6) is 1.26. The van der Waals surface area contributed by atoms with E-state index in [0.29, 0.717) is 11.0 Å². The summed E-state index contributed by atoms with van der Waals surface area (Å²) in [6, 6.07) is 14.5. The Labute approximate surface area is 150 Å². The Bertz CT molecular complexity index is 695. The van der Waals surface area contributed by atoms with Gasteiger partial charge in [-0.2, -0.15) is 0 Å². The smallest absolute Gasteiger partial charge is 0.171 e. The fourth-order valence-electron chi connectivity index (χ4n) is 2.63. The van der Waals surface area contributed by atoms with Gasteiger partial charge in [0.15, 0.2) is 5.11 Å². The van der Waals surface area contributed by atoms with Crippen molar-refractivity contribution in [1.29, 1.82) is 0 Å². The molecule has 0 bridgehead atoms. The summed E-state index contributed by atoms with van der Waals surface area (Å²) in [6.45, 7) is 8.57. The van der Waals surface area contributed by atoms with E-state index in [1.807, 2.05) is 24.3 Å². The topological polar surface area (TPSA) is 33.3 Å².